The van der Waals surface area contributed by atoms with Gasteiger partial charge in [0.05, 0.1) is 0 Å². The molecule has 4 aromatic rings. The summed E-state index contributed by atoms with van der Waals surface area (Å²) in [5, 5.41) is 10.7. The van der Waals surface area contributed by atoms with E-state index in [1.807, 2.05) is 0 Å². The second-order valence-corrected chi connectivity index (χ2v) is 7.49. The number of anilines is 1. The van der Waals surface area contributed by atoms with E-state index in [-0.39, 0.29) is 13.0 Å². The third-order valence-electron chi connectivity index (χ3n) is 5.14. The van der Waals surface area contributed by atoms with Gasteiger partial charge in [0.1, 0.15) is 11.2 Å². The molecule has 0 bridgehead atoms. The lowest BCUT2D eigenvalue weighted by molar-refractivity contribution is -0.141. The van der Waals surface area contributed by atoms with Crippen LogP contribution in [0.2, 0.25) is 0 Å². The van der Waals surface area contributed by atoms with E-state index in [0.717, 1.165) is 12.3 Å². The summed E-state index contributed by atoms with van der Waals surface area (Å²) in [6.07, 6.45) is -4.56. The van der Waals surface area contributed by atoms with Gasteiger partial charge in [-0.25, -0.2) is 4.98 Å². The topological polar surface area (TPSA) is 79.5 Å². The quantitative estimate of drug-likeness (QED) is 0.449. The number of hydrogen-bond donors (Lipinski definition) is 1. The number of alkyl halides is 3. The lowest BCUT2D eigenvalue weighted by Gasteiger charge is -2.25. The van der Waals surface area contributed by atoms with E-state index >= 15 is 0 Å². The smallest absolute Gasteiger partial charge is 0.433 e. The second-order valence-electron chi connectivity index (χ2n) is 7.49. The highest BCUT2D eigenvalue weighted by molar-refractivity contribution is 5.98. The number of benzene rings is 2. The number of carbonyl (C=O) groups is 1. The number of halogens is 3. The van der Waals surface area contributed by atoms with Gasteiger partial charge in [-0.1, -0.05) is 36.4 Å². The molecule has 0 aliphatic rings. The highest BCUT2D eigenvalue weighted by Crippen LogP contribution is 2.28. The van der Waals surface area contributed by atoms with Crippen molar-refractivity contribution < 1.29 is 27.5 Å². The fraction of sp³-hybridized carbons (Fsp3) is 0.208. The second kappa shape index (κ2) is 9.03. The molecule has 0 saturated carbocycles. The van der Waals surface area contributed by atoms with E-state index < -0.39 is 23.9 Å². The zero-order chi connectivity index (χ0) is 23.6. The van der Waals surface area contributed by atoms with Crippen molar-refractivity contribution in [1.29, 1.82) is 0 Å². The van der Waals surface area contributed by atoms with Crippen LogP contribution in [0.4, 0.5) is 18.9 Å². The number of amides is 1. The van der Waals surface area contributed by atoms with Crippen molar-refractivity contribution in [1.82, 2.24) is 9.97 Å². The molecule has 0 fully saturated rings. The van der Waals surface area contributed by atoms with Gasteiger partial charge in [0.25, 0.3) is 5.91 Å². The van der Waals surface area contributed by atoms with Crippen LogP contribution >= 0.6 is 0 Å². The summed E-state index contributed by atoms with van der Waals surface area (Å²) < 4.78 is 43.8. The average molecular weight is 455 g/mol. The average Bonchev–Trinajstić information content (AvgIpc) is 3.18. The van der Waals surface area contributed by atoms with Crippen LogP contribution in [0.15, 0.2) is 71.3 Å². The van der Waals surface area contributed by atoms with Gasteiger partial charge in [-0.05, 0) is 41.8 Å². The Bertz CT molecular complexity index is 1250. The number of aryl methyl sites for hydroxylation is 1. The van der Waals surface area contributed by atoms with Crippen LogP contribution in [-0.2, 0) is 17.4 Å². The first kappa shape index (κ1) is 22.5. The number of fused-ring (bicyclic) bond motifs is 1. The zero-order valence-corrected chi connectivity index (χ0v) is 17.6. The number of carbonyl (C=O) groups excluding carboxylic acids is 1. The maximum absolute atomic E-state index is 13.3. The standard InChI is InChI=1S/C24H20F3N3O3/c1-15-29-19-13-18(8-9-20(19)33-15)30(23(32)22(31)17-5-3-2-4-6-17)12-11-16-7-10-21(28-14-16)24(25,26)27/h2-10,13-14,22,31H,11-12H2,1H3/t22-/m0/s1. The predicted molar refractivity (Wildman–Crippen MR) is 115 cm³/mol. The third-order valence-corrected chi connectivity index (χ3v) is 5.14. The molecule has 170 valence electrons. The molecule has 1 amide bonds. The van der Waals surface area contributed by atoms with Gasteiger partial charge in [-0.3, -0.25) is 9.78 Å². The Morgan fingerprint density at radius 3 is 2.55 bits per heavy atom. The molecule has 0 aliphatic carbocycles. The number of aromatic nitrogens is 2. The van der Waals surface area contributed by atoms with Crippen LogP contribution in [0.3, 0.4) is 0 Å². The van der Waals surface area contributed by atoms with E-state index in [1.54, 1.807) is 55.5 Å². The molecule has 0 radical (unpaired) electrons. The Balaban J connectivity index is 1.62. The number of nitrogens with zero attached hydrogens (tertiary/aromatic N) is 3. The third kappa shape index (κ3) is 5.04. The summed E-state index contributed by atoms with van der Waals surface area (Å²) in [5.41, 5.74) is 1.56. The molecule has 2 aromatic heterocycles. The first-order valence-corrected chi connectivity index (χ1v) is 10.2. The number of pyridine rings is 1. The van der Waals surface area contributed by atoms with Crippen LogP contribution < -0.4 is 4.90 Å². The molecule has 0 aliphatic heterocycles. The number of hydrogen-bond acceptors (Lipinski definition) is 5. The Kier molecular flexibility index (Phi) is 6.15. The molecule has 1 atom stereocenters. The summed E-state index contributed by atoms with van der Waals surface area (Å²) in [4.78, 5) is 22.4. The maximum atomic E-state index is 13.3. The first-order chi connectivity index (χ1) is 15.7. The molecule has 2 aromatic carbocycles. The van der Waals surface area contributed by atoms with Crippen LogP contribution in [0.25, 0.3) is 11.1 Å². The Morgan fingerprint density at radius 2 is 1.88 bits per heavy atom. The highest BCUT2D eigenvalue weighted by atomic mass is 19.4. The SMILES string of the molecule is Cc1nc2cc(N(CCc3ccc(C(F)(F)F)nc3)C(=O)[C@@H](O)c3ccccc3)ccc2o1. The van der Waals surface area contributed by atoms with Crippen molar-refractivity contribution in [3.8, 4) is 0 Å². The van der Waals surface area contributed by atoms with Gasteiger partial charge in [0.2, 0.25) is 0 Å². The Labute approximate surface area is 187 Å². The van der Waals surface area contributed by atoms with Gasteiger partial charge in [0.15, 0.2) is 17.6 Å². The summed E-state index contributed by atoms with van der Waals surface area (Å²) >= 11 is 0. The molecule has 6 nitrogen and oxygen atoms in total. The molecule has 1 N–H and O–H groups in total. The lowest BCUT2D eigenvalue weighted by Crippen LogP contribution is -2.37. The van der Waals surface area contributed by atoms with Gasteiger partial charge < -0.3 is 14.4 Å². The fourth-order valence-corrected chi connectivity index (χ4v) is 3.47. The van der Waals surface area contributed by atoms with E-state index in [1.165, 1.54) is 11.0 Å². The number of aliphatic hydroxyl groups is 1. The summed E-state index contributed by atoms with van der Waals surface area (Å²) in [6.45, 7) is 1.82. The van der Waals surface area contributed by atoms with Crippen molar-refractivity contribution in [3.05, 3.63) is 89.6 Å². The first-order valence-electron chi connectivity index (χ1n) is 10.2. The summed E-state index contributed by atoms with van der Waals surface area (Å²) in [5.74, 6) is -0.0965. The van der Waals surface area contributed by atoms with Crippen LogP contribution in [-0.4, -0.2) is 27.5 Å². The van der Waals surface area contributed by atoms with Crippen molar-refractivity contribution in [2.24, 2.45) is 0 Å². The van der Waals surface area contributed by atoms with Gasteiger partial charge in [-0.15, -0.1) is 0 Å². The summed E-state index contributed by atoms with van der Waals surface area (Å²) in [7, 11) is 0. The van der Waals surface area contributed by atoms with Gasteiger partial charge in [0, 0.05) is 25.4 Å². The van der Waals surface area contributed by atoms with Crippen LogP contribution in [0, 0.1) is 6.92 Å². The minimum Gasteiger partial charge on any atom is -0.441 e. The van der Waals surface area contributed by atoms with Crippen molar-refractivity contribution >= 4 is 22.7 Å². The largest absolute Gasteiger partial charge is 0.441 e. The van der Waals surface area contributed by atoms with Crippen LogP contribution in [0.5, 0.6) is 0 Å². The number of oxazole rings is 1. The molecule has 2 heterocycles. The minimum atomic E-state index is -4.52. The molecular weight excluding hydrogens is 435 g/mol. The zero-order valence-electron chi connectivity index (χ0n) is 17.6. The molecule has 9 heteroatoms. The molecular formula is C24H20F3N3O3. The Morgan fingerprint density at radius 1 is 1.12 bits per heavy atom. The molecule has 4 rings (SSSR count). The minimum absolute atomic E-state index is 0.109. The maximum Gasteiger partial charge on any atom is 0.433 e. The van der Waals surface area contributed by atoms with Crippen molar-refractivity contribution in [2.75, 3.05) is 11.4 Å². The number of rotatable bonds is 6. The van der Waals surface area contributed by atoms with Crippen LogP contribution in [0.1, 0.15) is 28.8 Å². The molecule has 0 spiro atoms. The lowest BCUT2D eigenvalue weighted by atomic mass is 10.1. The Hall–Kier alpha value is -3.72. The highest BCUT2D eigenvalue weighted by Gasteiger charge is 2.32. The van der Waals surface area contributed by atoms with E-state index in [2.05, 4.69) is 9.97 Å². The molecule has 33 heavy (non-hydrogen) atoms. The molecule has 0 unspecified atom stereocenters. The van der Waals surface area contributed by atoms with Crippen molar-refractivity contribution in [3.63, 3.8) is 0 Å². The van der Waals surface area contributed by atoms with Gasteiger partial charge in [-0.2, -0.15) is 13.2 Å². The van der Waals surface area contributed by atoms with E-state index in [9.17, 15) is 23.1 Å². The summed E-state index contributed by atoms with van der Waals surface area (Å²) in [6, 6.07) is 15.8. The monoisotopic (exact) mass is 455 g/mol. The van der Waals surface area contributed by atoms with E-state index in [4.69, 9.17) is 4.42 Å². The van der Waals surface area contributed by atoms with E-state index in [0.29, 0.717) is 33.8 Å². The molecule has 0 saturated heterocycles. The fourth-order valence-electron chi connectivity index (χ4n) is 3.47. The normalized spacial score (nSPS) is 12.6. The number of aliphatic hydroxyl groups excluding tert-OH is 1. The van der Waals surface area contributed by atoms with Crippen molar-refractivity contribution in [2.45, 2.75) is 25.6 Å². The predicted octanol–water partition coefficient (Wildman–Crippen LogP) is 4.86. The van der Waals surface area contributed by atoms with Gasteiger partial charge >= 0.3 is 6.18 Å².